The molecule has 0 aromatic heterocycles. The zero-order valence-corrected chi connectivity index (χ0v) is 10.4. The van der Waals surface area contributed by atoms with E-state index in [0.717, 1.165) is 24.4 Å². The lowest BCUT2D eigenvalue weighted by molar-refractivity contribution is 0.211. The van der Waals surface area contributed by atoms with E-state index in [1.165, 1.54) is 0 Å². The summed E-state index contributed by atoms with van der Waals surface area (Å²) < 4.78 is 4.93. The fraction of sp³-hybridized carbons (Fsp3) is 0.400. The van der Waals surface area contributed by atoms with Gasteiger partial charge >= 0.3 is 0 Å². The molecular weight excluding hydrogens is 235 g/mol. The molecule has 0 saturated carbocycles. The lowest BCUT2D eigenvalue weighted by Crippen LogP contribution is -2.07. The Kier molecular flexibility index (Phi) is 11.3. The summed E-state index contributed by atoms with van der Waals surface area (Å²) in [6.45, 7) is 2.15. The predicted octanol–water partition coefficient (Wildman–Crippen LogP) is 2.05. The average molecular weight is 253 g/mol. The van der Waals surface area contributed by atoms with E-state index >= 15 is 0 Å². The number of anilines is 1. The number of ether oxygens (including phenoxy) is 1. The molecule has 0 aliphatic carbocycles. The van der Waals surface area contributed by atoms with Gasteiger partial charge in [-0.1, -0.05) is 12.1 Å². The molecule has 0 atom stereocenters. The van der Waals surface area contributed by atoms with Crippen LogP contribution >= 0.6 is 24.8 Å². The van der Waals surface area contributed by atoms with Crippen LogP contribution in [0.25, 0.3) is 0 Å². The lowest BCUT2D eigenvalue weighted by atomic mass is 10.2. The second kappa shape index (κ2) is 10.1. The highest BCUT2D eigenvalue weighted by Crippen LogP contribution is 2.08. The minimum Gasteiger partial charge on any atom is -0.383 e. The number of benzene rings is 1. The first kappa shape index (κ1) is 16.9. The summed E-state index contributed by atoms with van der Waals surface area (Å²) in [7, 11) is 1.69. The Morgan fingerprint density at radius 3 is 2.27 bits per heavy atom. The maximum atomic E-state index is 5.48. The van der Waals surface area contributed by atoms with Crippen LogP contribution in [0.3, 0.4) is 0 Å². The first-order chi connectivity index (χ1) is 6.36. The van der Waals surface area contributed by atoms with Crippen molar-refractivity contribution >= 4 is 30.5 Å². The van der Waals surface area contributed by atoms with Crippen LogP contribution in [0.1, 0.15) is 5.56 Å². The first-order valence-electron chi connectivity index (χ1n) is 4.38. The SMILES string of the molecule is COCCNc1ccc(CN)cc1.Cl.Cl. The Balaban J connectivity index is 0. The van der Waals surface area contributed by atoms with E-state index < -0.39 is 0 Å². The van der Waals surface area contributed by atoms with Gasteiger partial charge in [0.25, 0.3) is 0 Å². The van der Waals surface area contributed by atoms with Crippen molar-refractivity contribution < 1.29 is 4.74 Å². The number of hydrogen-bond acceptors (Lipinski definition) is 3. The van der Waals surface area contributed by atoms with E-state index in [1.807, 2.05) is 24.3 Å². The van der Waals surface area contributed by atoms with Gasteiger partial charge in [0.15, 0.2) is 0 Å². The van der Waals surface area contributed by atoms with Crippen LogP contribution in [0.4, 0.5) is 5.69 Å². The molecule has 0 aliphatic rings. The minimum absolute atomic E-state index is 0. The van der Waals surface area contributed by atoms with E-state index in [-0.39, 0.29) is 24.8 Å². The van der Waals surface area contributed by atoms with Crippen LogP contribution in [-0.4, -0.2) is 20.3 Å². The highest BCUT2D eigenvalue weighted by molar-refractivity contribution is 5.85. The Morgan fingerprint density at radius 2 is 1.80 bits per heavy atom. The highest BCUT2D eigenvalue weighted by Gasteiger charge is 1.91. The summed E-state index contributed by atoms with van der Waals surface area (Å²) in [6.07, 6.45) is 0. The zero-order valence-electron chi connectivity index (χ0n) is 8.73. The van der Waals surface area contributed by atoms with Gasteiger partial charge in [0.2, 0.25) is 0 Å². The molecule has 1 aromatic rings. The molecule has 0 unspecified atom stereocenters. The maximum Gasteiger partial charge on any atom is 0.0635 e. The van der Waals surface area contributed by atoms with Gasteiger partial charge in [-0.25, -0.2) is 0 Å². The molecule has 0 heterocycles. The third-order valence-corrected chi connectivity index (χ3v) is 1.82. The third-order valence-electron chi connectivity index (χ3n) is 1.82. The molecule has 0 saturated heterocycles. The Labute approximate surface area is 103 Å². The summed E-state index contributed by atoms with van der Waals surface area (Å²) in [6, 6.07) is 8.10. The number of hydrogen-bond donors (Lipinski definition) is 2. The van der Waals surface area contributed by atoms with Crippen molar-refractivity contribution in [3.8, 4) is 0 Å². The summed E-state index contributed by atoms with van der Waals surface area (Å²) in [5, 5.41) is 3.23. The molecule has 1 aromatic carbocycles. The fourth-order valence-corrected chi connectivity index (χ4v) is 1.06. The fourth-order valence-electron chi connectivity index (χ4n) is 1.06. The van der Waals surface area contributed by atoms with Crippen molar-refractivity contribution in [2.75, 3.05) is 25.6 Å². The predicted molar refractivity (Wildman–Crippen MR) is 69.2 cm³/mol. The molecule has 5 heteroatoms. The first-order valence-corrected chi connectivity index (χ1v) is 4.38. The minimum atomic E-state index is 0. The van der Waals surface area contributed by atoms with Crippen molar-refractivity contribution in [3.05, 3.63) is 29.8 Å². The summed E-state index contributed by atoms with van der Waals surface area (Å²) in [5.41, 5.74) is 7.74. The second-order valence-corrected chi connectivity index (χ2v) is 2.82. The molecule has 0 spiro atoms. The standard InChI is InChI=1S/C10H16N2O.2ClH/c1-13-7-6-12-10-4-2-9(8-11)3-5-10;;/h2-5,12H,6-8,11H2,1H3;2*1H. The molecule has 88 valence electrons. The molecule has 1 rings (SSSR count). The van der Waals surface area contributed by atoms with Crippen LogP contribution in [0.2, 0.25) is 0 Å². The van der Waals surface area contributed by atoms with E-state index in [0.29, 0.717) is 6.54 Å². The summed E-state index contributed by atoms with van der Waals surface area (Å²) >= 11 is 0. The monoisotopic (exact) mass is 252 g/mol. The zero-order chi connectivity index (χ0) is 9.52. The Hall–Kier alpha value is -0.480. The molecule has 0 fully saturated rings. The van der Waals surface area contributed by atoms with E-state index in [4.69, 9.17) is 10.5 Å². The van der Waals surface area contributed by atoms with Gasteiger partial charge in [-0.15, -0.1) is 24.8 Å². The smallest absolute Gasteiger partial charge is 0.0635 e. The average Bonchev–Trinajstić information content (AvgIpc) is 2.19. The van der Waals surface area contributed by atoms with E-state index in [2.05, 4.69) is 5.32 Å². The molecule has 15 heavy (non-hydrogen) atoms. The molecule has 3 nitrogen and oxygen atoms in total. The molecular formula is C10H18Cl2N2O. The molecule has 0 amide bonds. The van der Waals surface area contributed by atoms with Gasteiger partial charge < -0.3 is 15.8 Å². The quantitative estimate of drug-likeness (QED) is 0.789. The molecule has 3 N–H and O–H groups in total. The van der Waals surface area contributed by atoms with Crippen molar-refractivity contribution in [1.82, 2.24) is 0 Å². The summed E-state index contributed by atoms with van der Waals surface area (Å²) in [4.78, 5) is 0. The van der Waals surface area contributed by atoms with Crippen LogP contribution in [0.15, 0.2) is 24.3 Å². The van der Waals surface area contributed by atoms with Crippen LogP contribution < -0.4 is 11.1 Å². The maximum absolute atomic E-state index is 5.48. The van der Waals surface area contributed by atoms with Gasteiger partial charge in [-0.2, -0.15) is 0 Å². The summed E-state index contributed by atoms with van der Waals surface area (Å²) in [5.74, 6) is 0. The Morgan fingerprint density at radius 1 is 1.20 bits per heavy atom. The van der Waals surface area contributed by atoms with Crippen molar-refractivity contribution in [3.63, 3.8) is 0 Å². The van der Waals surface area contributed by atoms with E-state index in [1.54, 1.807) is 7.11 Å². The van der Waals surface area contributed by atoms with Gasteiger partial charge in [0.05, 0.1) is 6.61 Å². The molecule has 0 bridgehead atoms. The van der Waals surface area contributed by atoms with E-state index in [9.17, 15) is 0 Å². The number of methoxy groups -OCH3 is 1. The number of halogens is 2. The second-order valence-electron chi connectivity index (χ2n) is 2.82. The third kappa shape index (κ3) is 6.57. The van der Waals surface area contributed by atoms with Crippen LogP contribution in [0, 0.1) is 0 Å². The lowest BCUT2D eigenvalue weighted by Gasteiger charge is -2.05. The molecule has 0 radical (unpaired) electrons. The highest BCUT2D eigenvalue weighted by atomic mass is 35.5. The number of nitrogens with two attached hydrogens (primary N) is 1. The van der Waals surface area contributed by atoms with Crippen molar-refractivity contribution in [2.24, 2.45) is 5.73 Å². The van der Waals surface area contributed by atoms with Crippen LogP contribution in [-0.2, 0) is 11.3 Å². The van der Waals surface area contributed by atoms with Crippen LogP contribution in [0.5, 0.6) is 0 Å². The normalized spacial score (nSPS) is 8.67. The van der Waals surface area contributed by atoms with Gasteiger partial charge in [-0.3, -0.25) is 0 Å². The number of rotatable bonds is 5. The largest absolute Gasteiger partial charge is 0.383 e. The number of nitrogens with one attached hydrogen (secondary N) is 1. The van der Waals surface area contributed by atoms with Crippen molar-refractivity contribution in [1.29, 1.82) is 0 Å². The topological polar surface area (TPSA) is 47.3 Å². The Bertz CT molecular complexity index is 242. The van der Waals surface area contributed by atoms with Gasteiger partial charge in [-0.05, 0) is 17.7 Å². The van der Waals surface area contributed by atoms with Crippen molar-refractivity contribution in [2.45, 2.75) is 6.54 Å². The molecule has 0 aliphatic heterocycles. The van der Waals surface area contributed by atoms with Gasteiger partial charge in [0, 0.05) is 25.9 Å². The van der Waals surface area contributed by atoms with Gasteiger partial charge in [0.1, 0.15) is 0 Å².